The second kappa shape index (κ2) is 5.35. The van der Waals surface area contributed by atoms with Crippen molar-refractivity contribution in [3.8, 4) is 0 Å². The first-order chi connectivity index (χ1) is 7.77. The molecule has 0 bridgehead atoms. The molecule has 0 saturated carbocycles. The predicted octanol–water partition coefficient (Wildman–Crippen LogP) is 2.86. The lowest BCUT2D eigenvalue weighted by Gasteiger charge is -2.20. The molecule has 0 spiro atoms. The highest BCUT2D eigenvalue weighted by Crippen LogP contribution is 2.22. The molecule has 1 saturated heterocycles. The molecular formula is C14H22N2. The molecule has 0 amide bonds. The molecule has 1 atom stereocenters. The van der Waals surface area contributed by atoms with Gasteiger partial charge in [-0.2, -0.15) is 0 Å². The van der Waals surface area contributed by atoms with Crippen molar-refractivity contribution in [2.45, 2.75) is 39.2 Å². The molecule has 16 heavy (non-hydrogen) atoms. The summed E-state index contributed by atoms with van der Waals surface area (Å²) in [6.45, 7) is 6.68. The van der Waals surface area contributed by atoms with E-state index in [2.05, 4.69) is 42.7 Å². The average molecular weight is 218 g/mol. The molecule has 88 valence electrons. The highest BCUT2D eigenvalue weighted by molar-refractivity contribution is 5.57. The predicted molar refractivity (Wildman–Crippen MR) is 70.0 cm³/mol. The van der Waals surface area contributed by atoms with Gasteiger partial charge in [0, 0.05) is 11.7 Å². The van der Waals surface area contributed by atoms with Crippen LogP contribution in [-0.4, -0.2) is 19.1 Å². The minimum atomic E-state index is 0.634. The maximum Gasteiger partial charge on any atom is 0.0401 e. The molecule has 2 rings (SSSR count). The Balaban J connectivity index is 2.07. The Morgan fingerprint density at radius 1 is 1.12 bits per heavy atom. The number of rotatable bonds is 2. The topological polar surface area (TPSA) is 24.1 Å². The van der Waals surface area contributed by atoms with E-state index in [0.717, 1.165) is 6.54 Å². The summed E-state index contributed by atoms with van der Waals surface area (Å²) in [5.41, 5.74) is 4.06. The van der Waals surface area contributed by atoms with Crippen molar-refractivity contribution < 1.29 is 0 Å². The van der Waals surface area contributed by atoms with Crippen molar-refractivity contribution in [3.63, 3.8) is 0 Å². The third-order valence-electron chi connectivity index (χ3n) is 3.41. The summed E-state index contributed by atoms with van der Waals surface area (Å²) in [5.74, 6) is 0. The van der Waals surface area contributed by atoms with E-state index in [1.807, 2.05) is 0 Å². The van der Waals surface area contributed by atoms with Gasteiger partial charge in [0.15, 0.2) is 0 Å². The fourth-order valence-electron chi connectivity index (χ4n) is 2.41. The van der Waals surface area contributed by atoms with Crippen LogP contribution in [0.3, 0.4) is 0 Å². The molecule has 1 fully saturated rings. The highest BCUT2D eigenvalue weighted by atomic mass is 15.0. The number of para-hydroxylation sites is 1. The first kappa shape index (κ1) is 11.5. The molecule has 0 radical (unpaired) electrons. The Morgan fingerprint density at radius 2 is 1.88 bits per heavy atom. The maximum atomic E-state index is 3.72. The van der Waals surface area contributed by atoms with Crippen LogP contribution in [0.4, 0.5) is 5.69 Å². The minimum Gasteiger partial charge on any atom is -0.382 e. The zero-order chi connectivity index (χ0) is 11.4. The van der Waals surface area contributed by atoms with Crippen LogP contribution in [-0.2, 0) is 0 Å². The minimum absolute atomic E-state index is 0.634. The van der Waals surface area contributed by atoms with Gasteiger partial charge in [0.2, 0.25) is 0 Å². The largest absolute Gasteiger partial charge is 0.382 e. The molecule has 1 unspecified atom stereocenters. The third-order valence-corrected chi connectivity index (χ3v) is 3.41. The van der Waals surface area contributed by atoms with Crippen LogP contribution in [0, 0.1) is 13.8 Å². The second-order valence-electron chi connectivity index (χ2n) is 4.79. The molecule has 2 heteroatoms. The lowest BCUT2D eigenvalue weighted by molar-refractivity contribution is 0.636. The van der Waals surface area contributed by atoms with Gasteiger partial charge < -0.3 is 10.6 Å². The van der Waals surface area contributed by atoms with Crippen molar-refractivity contribution in [2.24, 2.45) is 0 Å². The van der Waals surface area contributed by atoms with Crippen LogP contribution in [0.25, 0.3) is 0 Å². The van der Waals surface area contributed by atoms with Crippen LogP contribution in [0.15, 0.2) is 18.2 Å². The molecule has 1 heterocycles. The van der Waals surface area contributed by atoms with E-state index in [1.165, 1.54) is 42.6 Å². The molecular weight excluding hydrogens is 196 g/mol. The van der Waals surface area contributed by atoms with Gasteiger partial charge >= 0.3 is 0 Å². The van der Waals surface area contributed by atoms with Crippen molar-refractivity contribution >= 4 is 5.69 Å². The van der Waals surface area contributed by atoms with E-state index in [9.17, 15) is 0 Å². The van der Waals surface area contributed by atoms with Crippen molar-refractivity contribution in [2.75, 3.05) is 18.4 Å². The van der Waals surface area contributed by atoms with Crippen LogP contribution >= 0.6 is 0 Å². The van der Waals surface area contributed by atoms with Gasteiger partial charge in [0.05, 0.1) is 0 Å². The molecule has 0 aromatic heterocycles. The molecule has 0 aliphatic carbocycles. The van der Waals surface area contributed by atoms with E-state index >= 15 is 0 Å². The fourth-order valence-corrected chi connectivity index (χ4v) is 2.41. The van der Waals surface area contributed by atoms with Gasteiger partial charge in [-0.05, 0) is 57.3 Å². The third kappa shape index (κ3) is 2.76. The fraction of sp³-hybridized carbons (Fsp3) is 0.571. The van der Waals surface area contributed by atoms with E-state index in [1.54, 1.807) is 0 Å². The first-order valence-corrected chi connectivity index (χ1v) is 6.31. The SMILES string of the molecule is Cc1cccc(C)c1NC1CCCNCC1. The second-order valence-corrected chi connectivity index (χ2v) is 4.79. The summed E-state index contributed by atoms with van der Waals surface area (Å²) in [7, 11) is 0. The van der Waals surface area contributed by atoms with E-state index in [4.69, 9.17) is 0 Å². The number of anilines is 1. The Labute approximate surface area is 98.4 Å². The standard InChI is InChI=1S/C14H22N2/c1-11-5-3-6-12(2)14(11)16-13-7-4-9-15-10-8-13/h3,5-6,13,15-16H,4,7-10H2,1-2H3. The molecule has 1 aliphatic heterocycles. The zero-order valence-corrected chi connectivity index (χ0v) is 10.3. The average Bonchev–Trinajstić information content (AvgIpc) is 2.52. The zero-order valence-electron chi connectivity index (χ0n) is 10.3. The molecule has 1 aromatic carbocycles. The van der Waals surface area contributed by atoms with Crippen LogP contribution < -0.4 is 10.6 Å². The number of hydrogen-bond acceptors (Lipinski definition) is 2. The number of hydrogen-bond donors (Lipinski definition) is 2. The molecule has 1 aliphatic rings. The van der Waals surface area contributed by atoms with Gasteiger partial charge in [-0.3, -0.25) is 0 Å². The lowest BCUT2D eigenvalue weighted by atomic mass is 10.1. The highest BCUT2D eigenvalue weighted by Gasteiger charge is 2.13. The van der Waals surface area contributed by atoms with Crippen LogP contribution in [0.2, 0.25) is 0 Å². The van der Waals surface area contributed by atoms with Gasteiger partial charge in [0.1, 0.15) is 0 Å². The molecule has 2 nitrogen and oxygen atoms in total. The Bertz CT molecular complexity index is 318. The summed E-state index contributed by atoms with van der Waals surface area (Å²) in [6.07, 6.45) is 3.79. The summed E-state index contributed by atoms with van der Waals surface area (Å²) in [6, 6.07) is 7.13. The Hall–Kier alpha value is -1.02. The number of nitrogens with one attached hydrogen (secondary N) is 2. The van der Waals surface area contributed by atoms with Gasteiger partial charge in [-0.1, -0.05) is 18.2 Å². The normalized spacial score (nSPS) is 21.5. The molecule has 2 N–H and O–H groups in total. The van der Waals surface area contributed by atoms with Crippen LogP contribution in [0.1, 0.15) is 30.4 Å². The van der Waals surface area contributed by atoms with Crippen molar-refractivity contribution in [3.05, 3.63) is 29.3 Å². The van der Waals surface area contributed by atoms with Crippen molar-refractivity contribution in [1.82, 2.24) is 5.32 Å². The lowest BCUT2D eigenvalue weighted by Crippen LogP contribution is -2.22. The first-order valence-electron chi connectivity index (χ1n) is 6.31. The maximum absolute atomic E-state index is 3.72. The summed E-state index contributed by atoms with van der Waals surface area (Å²) in [4.78, 5) is 0. The summed E-state index contributed by atoms with van der Waals surface area (Å²) in [5, 5.41) is 7.17. The monoisotopic (exact) mass is 218 g/mol. The quantitative estimate of drug-likeness (QED) is 0.797. The van der Waals surface area contributed by atoms with Crippen LogP contribution in [0.5, 0.6) is 0 Å². The van der Waals surface area contributed by atoms with Gasteiger partial charge in [-0.25, -0.2) is 0 Å². The van der Waals surface area contributed by atoms with E-state index in [-0.39, 0.29) is 0 Å². The summed E-state index contributed by atoms with van der Waals surface area (Å²) >= 11 is 0. The smallest absolute Gasteiger partial charge is 0.0401 e. The van der Waals surface area contributed by atoms with E-state index in [0.29, 0.717) is 6.04 Å². The van der Waals surface area contributed by atoms with Gasteiger partial charge in [0.25, 0.3) is 0 Å². The molecule has 1 aromatic rings. The Morgan fingerprint density at radius 3 is 2.62 bits per heavy atom. The number of benzene rings is 1. The number of aryl methyl sites for hydroxylation is 2. The Kier molecular flexibility index (Phi) is 3.83. The van der Waals surface area contributed by atoms with Crippen molar-refractivity contribution in [1.29, 1.82) is 0 Å². The van der Waals surface area contributed by atoms with E-state index < -0.39 is 0 Å². The van der Waals surface area contributed by atoms with Gasteiger partial charge in [-0.15, -0.1) is 0 Å². The summed E-state index contributed by atoms with van der Waals surface area (Å²) < 4.78 is 0.